The van der Waals surface area contributed by atoms with Gasteiger partial charge in [0.2, 0.25) is 0 Å². The van der Waals surface area contributed by atoms with E-state index in [4.69, 9.17) is 5.73 Å². The van der Waals surface area contributed by atoms with Crippen LogP contribution in [0.25, 0.3) is 22.2 Å². The summed E-state index contributed by atoms with van der Waals surface area (Å²) in [5.41, 5.74) is 9.85. The third-order valence-corrected chi connectivity index (χ3v) is 4.11. The number of nitrogens with zero attached hydrogens (tertiary/aromatic N) is 2. The highest BCUT2D eigenvalue weighted by atomic mass is 19.1. The van der Waals surface area contributed by atoms with E-state index in [-0.39, 0.29) is 5.56 Å². The van der Waals surface area contributed by atoms with E-state index >= 15 is 0 Å². The lowest BCUT2D eigenvalue weighted by Crippen LogP contribution is -2.15. The Kier molecular flexibility index (Phi) is 3.74. The molecule has 3 N–H and O–H groups in total. The predicted molar refractivity (Wildman–Crippen MR) is 91.7 cm³/mol. The standard InChI is InChI=1S/C19H14F2N4/c20-13-2-3-14(15(21)10-13)18(22)19-24-16-4-1-12(9-17(16)25-19)11-5-7-23-8-6-11/h1-10,18H,22H2,(H,24,25)/t18-/m1/s1. The molecule has 0 aliphatic heterocycles. The molecule has 4 aromatic rings. The fraction of sp³-hybridized carbons (Fsp3) is 0.0526. The molecule has 0 fully saturated rings. The van der Waals surface area contributed by atoms with E-state index < -0.39 is 17.7 Å². The number of nitrogens with one attached hydrogen (secondary N) is 1. The van der Waals surface area contributed by atoms with Gasteiger partial charge in [0, 0.05) is 24.0 Å². The molecular formula is C19H14F2N4. The largest absolute Gasteiger partial charge is 0.340 e. The van der Waals surface area contributed by atoms with E-state index in [1.165, 1.54) is 12.1 Å². The van der Waals surface area contributed by atoms with Gasteiger partial charge in [0.1, 0.15) is 17.5 Å². The Hall–Kier alpha value is -3.12. The van der Waals surface area contributed by atoms with Gasteiger partial charge in [-0.2, -0.15) is 0 Å². The van der Waals surface area contributed by atoms with Crippen molar-refractivity contribution in [2.75, 3.05) is 0 Å². The summed E-state index contributed by atoms with van der Waals surface area (Å²) in [6.07, 6.45) is 3.45. The van der Waals surface area contributed by atoms with Gasteiger partial charge in [-0.3, -0.25) is 4.98 Å². The first-order valence-corrected chi connectivity index (χ1v) is 7.72. The molecule has 2 aromatic carbocycles. The number of hydrogen-bond acceptors (Lipinski definition) is 3. The zero-order chi connectivity index (χ0) is 17.4. The summed E-state index contributed by atoms with van der Waals surface area (Å²) in [5, 5.41) is 0. The van der Waals surface area contributed by atoms with E-state index in [2.05, 4.69) is 15.0 Å². The van der Waals surface area contributed by atoms with Crippen molar-refractivity contribution in [3.05, 3.63) is 83.9 Å². The third-order valence-electron chi connectivity index (χ3n) is 4.11. The smallest absolute Gasteiger partial charge is 0.131 e. The van der Waals surface area contributed by atoms with Crippen molar-refractivity contribution in [1.29, 1.82) is 0 Å². The molecule has 0 aliphatic rings. The molecule has 0 saturated carbocycles. The first kappa shape index (κ1) is 15.4. The lowest BCUT2D eigenvalue weighted by Gasteiger charge is -2.10. The highest BCUT2D eigenvalue weighted by Gasteiger charge is 2.18. The van der Waals surface area contributed by atoms with E-state index in [0.717, 1.165) is 28.2 Å². The van der Waals surface area contributed by atoms with Crippen molar-refractivity contribution in [1.82, 2.24) is 15.0 Å². The molecular weight excluding hydrogens is 322 g/mol. The number of nitrogens with two attached hydrogens (primary N) is 1. The molecule has 0 bridgehead atoms. The fourth-order valence-electron chi connectivity index (χ4n) is 2.80. The van der Waals surface area contributed by atoms with Crippen molar-refractivity contribution in [2.24, 2.45) is 5.73 Å². The van der Waals surface area contributed by atoms with Crippen LogP contribution in [0.5, 0.6) is 0 Å². The second kappa shape index (κ2) is 6.07. The monoisotopic (exact) mass is 336 g/mol. The predicted octanol–water partition coefficient (Wildman–Crippen LogP) is 3.95. The molecule has 1 atom stereocenters. The average Bonchev–Trinajstić information content (AvgIpc) is 3.05. The second-order valence-electron chi connectivity index (χ2n) is 5.73. The third kappa shape index (κ3) is 2.88. The summed E-state index contributed by atoms with van der Waals surface area (Å²) in [6, 6.07) is 12.1. The SMILES string of the molecule is N[C@@H](c1nc2cc(-c3ccncc3)ccc2[nH]1)c1ccc(F)cc1F. The zero-order valence-electron chi connectivity index (χ0n) is 13.1. The molecule has 6 heteroatoms. The van der Waals surface area contributed by atoms with Gasteiger partial charge in [-0.1, -0.05) is 12.1 Å². The quantitative estimate of drug-likeness (QED) is 0.595. The number of benzene rings is 2. The van der Waals surface area contributed by atoms with Gasteiger partial charge in [-0.05, 0) is 41.5 Å². The first-order valence-electron chi connectivity index (χ1n) is 7.72. The lowest BCUT2D eigenvalue weighted by atomic mass is 10.1. The molecule has 0 aliphatic carbocycles. The Morgan fingerprint density at radius 2 is 1.72 bits per heavy atom. The van der Waals surface area contributed by atoms with Crippen LogP contribution in [0.4, 0.5) is 8.78 Å². The van der Waals surface area contributed by atoms with Gasteiger partial charge in [-0.25, -0.2) is 13.8 Å². The van der Waals surface area contributed by atoms with Crippen LogP contribution in [0.1, 0.15) is 17.4 Å². The summed E-state index contributed by atoms with van der Waals surface area (Å²) >= 11 is 0. The van der Waals surface area contributed by atoms with Crippen LogP contribution in [0, 0.1) is 11.6 Å². The Bertz CT molecular complexity index is 1040. The van der Waals surface area contributed by atoms with Crippen LogP contribution < -0.4 is 5.73 Å². The maximum atomic E-state index is 14.0. The Morgan fingerprint density at radius 3 is 2.48 bits per heavy atom. The molecule has 0 unspecified atom stereocenters. The molecule has 0 radical (unpaired) electrons. The van der Waals surface area contributed by atoms with Crippen molar-refractivity contribution >= 4 is 11.0 Å². The van der Waals surface area contributed by atoms with Gasteiger partial charge in [-0.15, -0.1) is 0 Å². The van der Waals surface area contributed by atoms with Crippen LogP contribution in [-0.2, 0) is 0 Å². The van der Waals surface area contributed by atoms with E-state index in [9.17, 15) is 8.78 Å². The molecule has 0 amide bonds. The number of pyridine rings is 1. The van der Waals surface area contributed by atoms with Crippen LogP contribution in [0.15, 0.2) is 60.9 Å². The molecule has 25 heavy (non-hydrogen) atoms. The topological polar surface area (TPSA) is 67.6 Å². The highest BCUT2D eigenvalue weighted by molar-refractivity contribution is 5.82. The van der Waals surface area contributed by atoms with Crippen molar-refractivity contribution in [2.45, 2.75) is 6.04 Å². The Balaban J connectivity index is 1.74. The number of rotatable bonds is 3. The Labute approximate surface area is 142 Å². The van der Waals surface area contributed by atoms with Crippen molar-refractivity contribution in [3.63, 3.8) is 0 Å². The summed E-state index contributed by atoms with van der Waals surface area (Å²) < 4.78 is 27.0. The van der Waals surface area contributed by atoms with E-state index in [1.54, 1.807) is 12.4 Å². The first-order chi connectivity index (χ1) is 12.1. The fourth-order valence-corrected chi connectivity index (χ4v) is 2.80. The second-order valence-corrected chi connectivity index (χ2v) is 5.73. The summed E-state index contributed by atoms with van der Waals surface area (Å²) in [5.74, 6) is -0.905. The summed E-state index contributed by atoms with van der Waals surface area (Å²) in [4.78, 5) is 11.6. The van der Waals surface area contributed by atoms with E-state index in [1.807, 2.05) is 30.3 Å². The van der Waals surface area contributed by atoms with Gasteiger partial charge in [0.05, 0.1) is 17.1 Å². The number of hydrogen-bond donors (Lipinski definition) is 2. The maximum absolute atomic E-state index is 14.0. The van der Waals surface area contributed by atoms with Crippen molar-refractivity contribution < 1.29 is 8.78 Å². The molecule has 4 nitrogen and oxygen atoms in total. The molecule has 2 heterocycles. The van der Waals surface area contributed by atoms with Gasteiger partial charge < -0.3 is 10.7 Å². The zero-order valence-corrected chi connectivity index (χ0v) is 13.1. The number of halogens is 2. The van der Waals surface area contributed by atoms with Crippen LogP contribution in [0.3, 0.4) is 0 Å². The molecule has 0 spiro atoms. The van der Waals surface area contributed by atoms with Gasteiger partial charge in [0.15, 0.2) is 0 Å². The minimum Gasteiger partial charge on any atom is -0.340 e. The number of fused-ring (bicyclic) bond motifs is 1. The maximum Gasteiger partial charge on any atom is 0.131 e. The van der Waals surface area contributed by atoms with E-state index in [0.29, 0.717) is 5.82 Å². The van der Waals surface area contributed by atoms with Crippen LogP contribution in [-0.4, -0.2) is 15.0 Å². The Morgan fingerprint density at radius 1 is 0.920 bits per heavy atom. The highest BCUT2D eigenvalue weighted by Crippen LogP contribution is 2.26. The minimum absolute atomic E-state index is 0.190. The van der Waals surface area contributed by atoms with Crippen LogP contribution in [0.2, 0.25) is 0 Å². The van der Waals surface area contributed by atoms with Crippen molar-refractivity contribution in [3.8, 4) is 11.1 Å². The molecule has 124 valence electrons. The minimum atomic E-state index is -0.808. The molecule has 0 saturated heterocycles. The van der Waals surface area contributed by atoms with Gasteiger partial charge in [0.25, 0.3) is 0 Å². The lowest BCUT2D eigenvalue weighted by molar-refractivity contribution is 0.563. The molecule has 2 aromatic heterocycles. The normalized spacial score (nSPS) is 12.4. The van der Waals surface area contributed by atoms with Gasteiger partial charge >= 0.3 is 0 Å². The number of aromatic amines is 1. The number of aromatic nitrogens is 3. The van der Waals surface area contributed by atoms with Crippen LogP contribution >= 0.6 is 0 Å². The number of H-pyrrole nitrogens is 1. The molecule has 4 rings (SSSR count). The number of imidazole rings is 1. The summed E-state index contributed by atoms with van der Waals surface area (Å²) in [6.45, 7) is 0. The summed E-state index contributed by atoms with van der Waals surface area (Å²) in [7, 11) is 0. The average molecular weight is 336 g/mol.